The zero-order valence-corrected chi connectivity index (χ0v) is 12.1. The molecule has 7 nitrogen and oxygen atoms in total. The van der Waals surface area contributed by atoms with Gasteiger partial charge in [-0.2, -0.15) is 0 Å². The van der Waals surface area contributed by atoms with E-state index in [2.05, 4.69) is 15.5 Å². The van der Waals surface area contributed by atoms with Crippen molar-refractivity contribution < 1.29 is 14.6 Å². The highest BCUT2D eigenvalue weighted by atomic mass is 16.5. The third-order valence-electron chi connectivity index (χ3n) is 3.31. The molecule has 1 aromatic heterocycles. The van der Waals surface area contributed by atoms with E-state index in [0.29, 0.717) is 18.7 Å². The minimum absolute atomic E-state index is 0.0111. The Bertz CT molecular complexity index is 595. The number of benzene rings is 1. The SMILES string of the molecule is CCC(CC(=O)O)n1nnnc1Cc1ccc(OC)cc1. The van der Waals surface area contributed by atoms with E-state index in [-0.39, 0.29) is 12.5 Å². The Morgan fingerprint density at radius 3 is 2.67 bits per heavy atom. The number of methoxy groups -OCH3 is 1. The Morgan fingerprint density at radius 1 is 1.38 bits per heavy atom. The van der Waals surface area contributed by atoms with Gasteiger partial charge in [-0.25, -0.2) is 4.68 Å². The van der Waals surface area contributed by atoms with Gasteiger partial charge in [-0.1, -0.05) is 19.1 Å². The van der Waals surface area contributed by atoms with Gasteiger partial charge in [0.05, 0.1) is 19.6 Å². The second-order valence-corrected chi connectivity index (χ2v) is 4.72. The zero-order valence-electron chi connectivity index (χ0n) is 12.1. The smallest absolute Gasteiger partial charge is 0.305 e. The first-order chi connectivity index (χ1) is 10.1. The molecule has 2 aromatic rings. The first-order valence-corrected chi connectivity index (χ1v) is 6.75. The minimum atomic E-state index is -0.854. The second-order valence-electron chi connectivity index (χ2n) is 4.72. The molecular weight excluding hydrogens is 272 g/mol. The van der Waals surface area contributed by atoms with Crippen molar-refractivity contribution in [3.63, 3.8) is 0 Å². The number of carboxylic acids is 1. The fourth-order valence-electron chi connectivity index (χ4n) is 2.14. The predicted octanol–water partition coefficient (Wildman–Crippen LogP) is 1.70. The zero-order chi connectivity index (χ0) is 15.2. The van der Waals surface area contributed by atoms with Crippen molar-refractivity contribution in [2.75, 3.05) is 7.11 Å². The van der Waals surface area contributed by atoms with E-state index < -0.39 is 5.97 Å². The molecule has 21 heavy (non-hydrogen) atoms. The predicted molar refractivity (Wildman–Crippen MR) is 75.2 cm³/mol. The van der Waals surface area contributed by atoms with E-state index in [4.69, 9.17) is 9.84 Å². The van der Waals surface area contributed by atoms with Crippen molar-refractivity contribution in [2.24, 2.45) is 0 Å². The lowest BCUT2D eigenvalue weighted by Gasteiger charge is -2.14. The molecule has 0 saturated heterocycles. The van der Waals surface area contributed by atoms with Gasteiger partial charge in [-0.15, -0.1) is 5.10 Å². The average molecular weight is 290 g/mol. The van der Waals surface area contributed by atoms with Crippen LogP contribution in [0, 0.1) is 0 Å². The van der Waals surface area contributed by atoms with Gasteiger partial charge in [0.2, 0.25) is 0 Å². The summed E-state index contributed by atoms with van der Waals surface area (Å²) in [4.78, 5) is 10.9. The molecule has 2 rings (SSSR count). The van der Waals surface area contributed by atoms with Crippen LogP contribution in [0.5, 0.6) is 5.75 Å². The molecule has 1 N–H and O–H groups in total. The van der Waals surface area contributed by atoms with Crippen LogP contribution in [0.3, 0.4) is 0 Å². The largest absolute Gasteiger partial charge is 0.497 e. The molecule has 0 bridgehead atoms. The standard InChI is InChI=1S/C14H18N4O3/c1-3-11(9-14(19)20)18-13(15-16-17-18)8-10-4-6-12(21-2)7-5-10/h4-7,11H,3,8-9H2,1-2H3,(H,19,20). The highest BCUT2D eigenvalue weighted by molar-refractivity contribution is 5.67. The van der Waals surface area contributed by atoms with Crippen molar-refractivity contribution in [3.8, 4) is 5.75 Å². The molecule has 0 saturated carbocycles. The van der Waals surface area contributed by atoms with Gasteiger partial charge >= 0.3 is 5.97 Å². The lowest BCUT2D eigenvalue weighted by atomic mass is 10.1. The van der Waals surface area contributed by atoms with Crippen LogP contribution in [-0.2, 0) is 11.2 Å². The van der Waals surface area contributed by atoms with Crippen LogP contribution in [0.4, 0.5) is 0 Å². The highest BCUT2D eigenvalue weighted by Crippen LogP contribution is 2.19. The van der Waals surface area contributed by atoms with Gasteiger partial charge in [0, 0.05) is 6.42 Å². The van der Waals surface area contributed by atoms with Gasteiger partial charge in [0.15, 0.2) is 5.82 Å². The molecule has 1 heterocycles. The first kappa shape index (κ1) is 15.0. The average Bonchev–Trinajstić information content (AvgIpc) is 2.93. The van der Waals surface area contributed by atoms with Crippen molar-refractivity contribution in [2.45, 2.75) is 32.2 Å². The summed E-state index contributed by atoms with van der Waals surface area (Å²) in [5, 5.41) is 20.6. The maximum absolute atomic E-state index is 10.9. The topological polar surface area (TPSA) is 90.1 Å². The summed E-state index contributed by atoms with van der Waals surface area (Å²) in [5.41, 5.74) is 1.04. The molecule has 0 spiro atoms. The Morgan fingerprint density at radius 2 is 2.10 bits per heavy atom. The normalized spacial score (nSPS) is 12.1. The fourth-order valence-corrected chi connectivity index (χ4v) is 2.14. The molecule has 0 amide bonds. The van der Waals surface area contributed by atoms with Crippen LogP contribution >= 0.6 is 0 Å². The molecule has 0 radical (unpaired) electrons. The molecule has 1 aromatic carbocycles. The Hall–Kier alpha value is -2.44. The number of carbonyl (C=O) groups is 1. The van der Waals surface area contributed by atoms with E-state index in [1.807, 2.05) is 31.2 Å². The number of rotatable bonds is 7. The maximum Gasteiger partial charge on any atom is 0.305 e. The summed E-state index contributed by atoms with van der Waals surface area (Å²) in [5.74, 6) is 0.594. The first-order valence-electron chi connectivity index (χ1n) is 6.75. The third-order valence-corrected chi connectivity index (χ3v) is 3.31. The van der Waals surface area contributed by atoms with Gasteiger partial charge in [-0.3, -0.25) is 4.79 Å². The number of ether oxygens (including phenoxy) is 1. The Labute approximate surface area is 122 Å². The van der Waals surface area contributed by atoms with E-state index in [9.17, 15) is 4.79 Å². The molecule has 0 aliphatic rings. The molecular formula is C14H18N4O3. The lowest BCUT2D eigenvalue weighted by molar-refractivity contribution is -0.138. The molecule has 0 aliphatic carbocycles. The van der Waals surface area contributed by atoms with Gasteiger partial charge < -0.3 is 9.84 Å². The van der Waals surface area contributed by atoms with Crippen LogP contribution in [0.15, 0.2) is 24.3 Å². The van der Waals surface area contributed by atoms with Gasteiger partial charge in [0.25, 0.3) is 0 Å². The number of aliphatic carboxylic acids is 1. The van der Waals surface area contributed by atoms with Crippen LogP contribution in [-0.4, -0.2) is 38.4 Å². The molecule has 0 aliphatic heterocycles. The molecule has 112 valence electrons. The fraction of sp³-hybridized carbons (Fsp3) is 0.429. The summed E-state index contributed by atoms with van der Waals surface area (Å²) >= 11 is 0. The summed E-state index contributed by atoms with van der Waals surface area (Å²) < 4.78 is 6.73. The van der Waals surface area contributed by atoms with Crippen molar-refractivity contribution in [3.05, 3.63) is 35.7 Å². The number of hydrogen-bond donors (Lipinski definition) is 1. The summed E-state index contributed by atoms with van der Waals surface area (Å²) in [7, 11) is 1.62. The number of nitrogens with zero attached hydrogens (tertiary/aromatic N) is 4. The van der Waals surface area contributed by atoms with Gasteiger partial charge in [-0.05, 0) is 34.5 Å². The highest BCUT2D eigenvalue weighted by Gasteiger charge is 2.18. The van der Waals surface area contributed by atoms with E-state index >= 15 is 0 Å². The molecule has 1 unspecified atom stereocenters. The number of tetrazole rings is 1. The van der Waals surface area contributed by atoms with Gasteiger partial charge in [0.1, 0.15) is 5.75 Å². The number of carboxylic acid groups (broad SMARTS) is 1. The minimum Gasteiger partial charge on any atom is -0.497 e. The maximum atomic E-state index is 10.9. The number of aromatic nitrogens is 4. The van der Waals surface area contributed by atoms with E-state index in [0.717, 1.165) is 11.3 Å². The van der Waals surface area contributed by atoms with Crippen molar-refractivity contribution in [1.82, 2.24) is 20.2 Å². The lowest BCUT2D eigenvalue weighted by Crippen LogP contribution is -2.17. The van der Waals surface area contributed by atoms with Crippen molar-refractivity contribution in [1.29, 1.82) is 0 Å². The summed E-state index contributed by atoms with van der Waals surface area (Å²) in [6.45, 7) is 1.92. The van der Waals surface area contributed by atoms with E-state index in [1.54, 1.807) is 11.8 Å². The Kier molecular flexibility index (Phi) is 4.86. The second kappa shape index (κ2) is 6.83. The monoisotopic (exact) mass is 290 g/mol. The quantitative estimate of drug-likeness (QED) is 0.834. The van der Waals surface area contributed by atoms with Crippen LogP contribution in [0.2, 0.25) is 0 Å². The summed E-state index contributed by atoms with van der Waals surface area (Å²) in [6, 6.07) is 7.40. The Balaban J connectivity index is 2.16. The summed E-state index contributed by atoms with van der Waals surface area (Å²) in [6.07, 6.45) is 1.22. The number of hydrogen-bond acceptors (Lipinski definition) is 5. The van der Waals surface area contributed by atoms with Crippen molar-refractivity contribution >= 4 is 5.97 Å². The molecule has 7 heteroatoms. The van der Waals surface area contributed by atoms with Crippen LogP contribution < -0.4 is 4.74 Å². The van der Waals surface area contributed by atoms with E-state index in [1.165, 1.54) is 0 Å². The molecule has 0 fully saturated rings. The van der Waals surface area contributed by atoms with Crippen LogP contribution in [0.1, 0.15) is 37.2 Å². The molecule has 1 atom stereocenters. The van der Waals surface area contributed by atoms with Crippen LogP contribution in [0.25, 0.3) is 0 Å². The third kappa shape index (κ3) is 3.77.